The number of rotatable bonds is 2. The lowest BCUT2D eigenvalue weighted by molar-refractivity contribution is 0.112. The number of hydrogen-bond donors (Lipinski definition) is 1. The second kappa shape index (κ2) is 3.56. The molecule has 3 heteroatoms. The fourth-order valence-electron chi connectivity index (χ4n) is 2.84. The van der Waals surface area contributed by atoms with Gasteiger partial charge in [-0.05, 0) is 37.0 Å². The molecule has 0 saturated heterocycles. The summed E-state index contributed by atoms with van der Waals surface area (Å²) in [6.07, 6.45) is 5.12. The van der Waals surface area contributed by atoms with Crippen molar-refractivity contribution in [2.45, 2.75) is 25.7 Å². The van der Waals surface area contributed by atoms with Crippen molar-refractivity contribution in [3.63, 3.8) is 0 Å². The Hall–Kier alpha value is -0.730. The van der Waals surface area contributed by atoms with E-state index < -0.39 is 0 Å². The summed E-state index contributed by atoms with van der Waals surface area (Å²) in [5.41, 5.74) is 0. The molecule has 0 radical (unpaired) electrons. The molecule has 0 aromatic heterocycles. The van der Waals surface area contributed by atoms with Crippen molar-refractivity contribution in [2.24, 2.45) is 17.8 Å². The summed E-state index contributed by atoms with van der Waals surface area (Å²) in [4.78, 5) is 10.8. The van der Waals surface area contributed by atoms with Crippen LogP contribution in [-0.4, -0.2) is 19.7 Å². The summed E-state index contributed by atoms with van der Waals surface area (Å²) in [6, 6.07) is 0. The number of ether oxygens (including phenoxy) is 1. The lowest BCUT2D eigenvalue weighted by Crippen LogP contribution is -2.24. The number of fused-ring (bicyclic) bond motifs is 2. The molecule has 2 aliphatic carbocycles. The standard InChI is InChI=1S/C10H17NO2/c1-11-10(12)13-6-9-5-7-2-3-8(9)4-7/h7-9H,2-6H2,1H3,(H,11,12)/t7-,8+,9-/m1/s1. The van der Waals surface area contributed by atoms with E-state index in [4.69, 9.17) is 4.74 Å². The van der Waals surface area contributed by atoms with Crippen LogP contribution in [-0.2, 0) is 4.74 Å². The van der Waals surface area contributed by atoms with Crippen molar-refractivity contribution < 1.29 is 9.53 Å². The molecule has 13 heavy (non-hydrogen) atoms. The van der Waals surface area contributed by atoms with Gasteiger partial charge in [0.05, 0.1) is 6.61 Å². The summed E-state index contributed by atoms with van der Waals surface area (Å²) in [5, 5.41) is 2.47. The Kier molecular flexibility index (Phi) is 2.42. The van der Waals surface area contributed by atoms with Gasteiger partial charge >= 0.3 is 6.09 Å². The highest BCUT2D eigenvalue weighted by atomic mass is 16.5. The Morgan fingerprint density at radius 2 is 2.31 bits per heavy atom. The second-order valence-electron chi connectivity index (χ2n) is 4.28. The first-order valence-corrected chi connectivity index (χ1v) is 5.14. The zero-order valence-corrected chi connectivity index (χ0v) is 8.08. The lowest BCUT2D eigenvalue weighted by atomic mass is 9.90. The third-order valence-electron chi connectivity index (χ3n) is 3.52. The predicted molar refractivity (Wildman–Crippen MR) is 49.3 cm³/mol. The van der Waals surface area contributed by atoms with Gasteiger partial charge in [0.1, 0.15) is 0 Å². The Morgan fingerprint density at radius 1 is 1.46 bits per heavy atom. The van der Waals surface area contributed by atoms with E-state index in [1.165, 1.54) is 25.7 Å². The Labute approximate surface area is 78.8 Å². The zero-order valence-electron chi connectivity index (χ0n) is 8.08. The van der Waals surface area contributed by atoms with E-state index in [-0.39, 0.29) is 6.09 Å². The molecule has 2 rings (SSSR count). The first kappa shape index (κ1) is 8.85. The molecule has 3 atom stereocenters. The monoisotopic (exact) mass is 183 g/mol. The molecule has 3 nitrogen and oxygen atoms in total. The third-order valence-corrected chi connectivity index (χ3v) is 3.52. The van der Waals surface area contributed by atoms with E-state index in [9.17, 15) is 4.79 Å². The van der Waals surface area contributed by atoms with Gasteiger partial charge < -0.3 is 10.1 Å². The SMILES string of the molecule is CNC(=O)OC[C@H]1C[C@@H]2CC[C@H]1C2. The number of hydrogen-bond acceptors (Lipinski definition) is 2. The van der Waals surface area contributed by atoms with Crippen molar-refractivity contribution in [3.8, 4) is 0 Å². The summed E-state index contributed by atoms with van der Waals surface area (Å²) < 4.78 is 5.08. The van der Waals surface area contributed by atoms with Gasteiger partial charge in [-0.2, -0.15) is 0 Å². The van der Waals surface area contributed by atoms with Crippen LogP contribution < -0.4 is 5.32 Å². The van der Waals surface area contributed by atoms with E-state index in [0.717, 1.165) is 11.8 Å². The maximum absolute atomic E-state index is 10.8. The van der Waals surface area contributed by atoms with Gasteiger partial charge in [-0.25, -0.2) is 4.79 Å². The molecule has 2 aliphatic rings. The third kappa shape index (κ3) is 1.79. The Bertz CT molecular complexity index is 205. The number of nitrogens with one attached hydrogen (secondary N) is 1. The van der Waals surface area contributed by atoms with E-state index in [0.29, 0.717) is 12.5 Å². The average molecular weight is 183 g/mol. The minimum Gasteiger partial charge on any atom is -0.449 e. The number of carbonyl (C=O) groups is 1. The summed E-state index contributed by atoms with van der Waals surface area (Å²) >= 11 is 0. The normalized spacial score (nSPS) is 36.2. The van der Waals surface area contributed by atoms with Gasteiger partial charge in [0, 0.05) is 7.05 Å². The fraction of sp³-hybridized carbons (Fsp3) is 0.900. The molecule has 0 heterocycles. The molecule has 2 bridgehead atoms. The van der Waals surface area contributed by atoms with Gasteiger partial charge in [-0.1, -0.05) is 6.42 Å². The molecule has 1 amide bonds. The first-order valence-electron chi connectivity index (χ1n) is 5.14. The number of carbonyl (C=O) groups excluding carboxylic acids is 1. The molecule has 0 aromatic rings. The van der Waals surface area contributed by atoms with Crippen LogP contribution in [0, 0.1) is 17.8 Å². The maximum atomic E-state index is 10.8. The lowest BCUT2D eigenvalue weighted by Gasteiger charge is -2.20. The molecular weight excluding hydrogens is 166 g/mol. The van der Waals surface area contributed by atoms with Crippen molar-refractivity contribution in [2.75, 3.05) is 13.7 Å². The smallest absolute Gasteiger partial charge is 0.406 e. The van der Waals surface area contributed by atoms with Crippen LogP contribution >= 0.6 is 0 Å². The topological polar surface area (TPSA) is 38.3 Å². The minimum atomic E-state index is -0.289. The van der Waals surface area contributed by atoms with Crippen LogP contribution in [0.15, 0.2) is 0 Å². The molecule has 1 N–H and O–H groups in total. The van der Waals surface area contributed by atoms with E-state index in [1.54, 1.807) is 7.05 Å². The molecular formula is C10H17NO2. The quantitative estimate of drug-likeness (QED) is 0.708. The molecule has 74 valence electrons. The molecule has 0 unspecified atom stereocenters. The highest BCUT2D eigenvalue weighted by Gasteiger charge is 2.39. The van der Waals surface area contributed by atoms with Crippen molar-refractivity contribution >= 4 is 6.09 Å². The molecule has 2 saturated carbocycles. The number of amides is 1. The average Bonchev–Trinajstić information content (AvgIpc) is 2.74. The molecule has 0 aliphatic heterocycles. The van der Waals surface area contributed by atoms with Crippen LogP contribution in [0.3, 0.4) is 0 Å². The van der Waals surface area contributed by atoms with Crippen molar-refractivity contribution in [1.29, 1.82) is 0 Å². The highest BCUT2D eigenvalue weighted by molar-refractivity contribution is 5.66. The largest absolute Gasteiger partial charge is 0.449 e. The maximum Gasteiger partial charge on any atom is 0.406 e. The minimum absolute atomic E-state index is 0.289. The van der Waals surface area contributed by atoms with Crippen LogP contribution in [0.1, 0.15) is 25.7 Å². The highest BCUT2D eigenvalue weighted by Crippen LogP contribution is 2.48. The summed E-state index contributed by atoms with van der Waals surface area (Å²) in [6.45, 7) is 0.626. The van der Waals surface area contributed by atoms with Gasteiger partial charge in [-0.3, -0.25) is 0 Å². The number of alkyl carbamates (subject to hydrolysis) is 1. The van der Waals surface area contributed by atoms with E-state index in [1.807, 2.05) is 0 Å². The van der Waals surface area contributed by atoms with Gasteiger partial charge in [0.2, 0.25) is 0 Å². The molecule has 2 fully saturated rings. The van der Waals surface area contributed by atoms with Crippen LogP contribution in [0.5, 0.6) is 0 Å². The Balaban J connectivity index is 1.74. The van der Waals surface area contributed by atoms with Crippen LogP contribution in [0.4, 0.5) is 4.79 Å². The van der Waals surface area contributed by atoms with E-state index >= 15 is 0 Å². The second-order valence-corrected chi connectivity index (χ2v) is 4.28. The van der Waals surface area contributed by atoms with Gasteiger partial charge in [0.15, 0.2) is 0 Å². The van der Waals surface area contributed by atoms with Crippen molar-refractivity contribution in [3.05, 3.63) is 0 Å². The Morgan fingerprint density at radius 3 is 2.85 bits per heavy atom. The van der Waals surface area contributed by atoms with Crippen LogP contribution in [0.25, 0.3) is 0 Å². The predicted octanol–water partition coefficient (Wildman–Crippen LogP) is 1.78. The molecule has 0 spiro atoms. The van der Waals surface area contributed by atoms with E-state index in [2.05, 4.69) is 5.32 Å². The zero-order chi connectivity index (χ0) is 9.26. The summed E-state index contributed by atoms with van der Waals surface area (Å²) in [7, 11) is 1.60. The molecule has 0 aromatic carbocycles. The summed E-state index contributed by atoms with van der Waals surface area (Å²) in [5.74, 6) is 2.42. The first-order chi connectivity index (χ1) is 6.29. The fourth-order valence-corrected chi connectivity index (χ4v) is 2.84. The van der Waals surface area contributed by atoms with Gasteiger partial charge in [-0.15, -0.1) is 0 Å². The van der Waals surface area contributed by atoms with Gasteiger partial charge in [0.25, 0.3) is 0 Å². The van der Waals surface area contributed by atoms with Crippen LogP contribution in [0.2, 0.25) is 0 Å². The van der Waals surface area contributed by atoms with Crippen molar-refractivity contribution in [1.82, 2.24) is 5.32 Å².